The summed E-state index contributed by atoms with van der Waals surface area (Å²) < 4.78 is 0. The number of rotatable bonds is 2. The van der Waals surface area contributed by atoms with Gasteiger partial charge in [0.2, 0.25) is 0 Å². The first kappa shape index (κ1) is 12.5. The van der Waals surface area contributed by atoms with E-state index in [1.54, 1.807) is 6.33 Å². The molecule has 3 rings (SSSR count). The van der Waals surface area contributed by atoms with Crippen LogP contribution in [0.5, 0.6) is 0 Å². The van der Waals surface area contributed by atoms with Gasteiger partial charge in [-0.25, -0.2) is 9.97 Å². The predicted molar refractivity (Wildman–Crippen MR) is 82.4 cm³/mol. The first-order valence-corrected chi connectivity index (χ1v) is 6.69. The number of aryl methyl sites for hydroxylation is 2. The predicted octanol–water partition coefficient (Wildman–Crippen LogP) is 4.43. The fourth-order valence-corrected chi connectivity index (χ4v) is 2.37. The fraction of sp³-hybridized carbons (Fsp3) is 0.111. The topological polar surface area (TPSA) is 25.8 Å². The van der Waals surface area contributed by atoms with E-state index in [0.29, 0.717) is 0 Å². The van der Waals surface area contributed by atoms with E-state index >= 15 is 0 Å². The molecule has 2 heteroatoms. The van der Waals surface area contributed by atoms with Gasteiger partial charge in [0, 0.05) is 11.1 Å². The van der Waals surface area contributed by atoms with Crippen molar-refractivity contribution in [2.45, 2.75) is 13.8 Å². The van der Waals surface area contributed by atoms with Crippen LogP contribution in [0.4, 0.5) is 0 Å². The van der Waals surface area contributed by atoms with E-state index in [2.05, 4.69) is 54.1 Å². The van der Waals surface area contributed by atoms with Crippen molar-refractivity contribution in [3.63, 3.8) is 0 Å². The minimum absolute atomic E-state index is 0.954. The third-order valence-corrected chi connectivity index (χ3v) is 3.39. The van der Waals surface area contributed by atoms with Crippen LogP contribution in [-0.2, 0) is 0 Å². The van der Waals surface area contributed by atoms with E-state index in [1.165, 1.54) is 11.1 Å². The van der Waals surface area contributed by atoms with Gasteiger partial charge in [0.15, 0.2) is 0 Å². The second-order valence-corrected chi connectivity index (χ2v) is 4.97. The van der Waals surface area contributed by atoms with E-state index in [0.717, 1.165) is 22.5 Å². The maximum absolute atomic E-state index is 4.41. The Morgan fingerprint density at radius 1 is 0.750 bits per heavy atom. The Morgan fingerprint density at radius 2 is 1.50 bits per heavy atom. The van der Waals surface area contributed by atoms with Gasteiger partial charge in [0.05, 0.1) is 11.4 Å². The zero-order valence-corrected chi connectivity index (χ0v) is 11.7. The van der Waals surface area contributed by atoms with E-state index in [9.17, 15) is 0 Å². The number of nitrogens with zero attached hydrogens (tertiary/aromatic N) is 2. The molecule has 20 heavy (non-hydrogen) atoms. The molecule has 0 atom stereocenters. The SMILES string of the molecule is Cc1ccc(-c2cc(-c3ccccc3)ncn2)c(C)c1. The summed E-state index contributed by atoms with van der Waals surface area (Å²) in [5.74, 6) is 0. The molecule has 2 nitrogen and oxygen atoms in total. The molecule has 0 fully saturated rings. The molecule has 0 spiro atoms. The van der Waals surface area contributed by atoms with Crippen molar-refractivity contribution in [1.82, 2.24) is 9.97 Å². The summed E-state index contributed by atoms with van der Waals surface area (Å²) >= 11 is 0. The van der Waals surface area contributed by atoms with Crippen LogP contribution in [0.25, 0.3) is 22.5 Å². The second-order valence-electron chi connectivity index (χ2n) is 4.97. The summed E-state index contributed by atoms with van der Waals surface area (Å²) in [5, 5.41) is 0. The first-order chi connectivity index (χ1) is 9.74. The van der Waals surface area contributed by atoms with E-state index < -0.39 is 0 Å². The monoisotopic (exact) mass is 260 g/mol. The molecule has 0 unspecified atom stereocenters. The number of benzene rings is 2. The van der Waals surface area contributed by atoms with Gasteiger partial charge in [0.25, 0.3) is 0 Å². The Labute approximate surface area is 119 Å². The van der Waals surface area contributed by atoms with Crippen molar-refractivity contribution in [3.05, 3.63) is 72.1 Å². The highest BCUT2D eigenvalue weighted by molar-refractivity contribution is 5.69. The van der Waals surface area contributed by atoms with Gasteiger partial charge in [-0.3, -0.25) is 0 Å². The molecule has 3 aromatic rings. The molecule has 0 saturated heterocycles. The molecule has 0 aliphatic rings. The third-order valence-electron chi connectivity index (χ3n) is 3.39. The van der Waals surface area contributed by atoms with Gasteiger partial charge >= 0.3 is 0 Å². The molecule has 1 heterocycles. The van der Waals surface area contributed by atoms with Crippen LogP contribution in [0.1, 0.15) is 11.1 Å². The molecule has 0 saturated carbocycles. The zero-order chi connectivity index (χ0) is 13.9. The minimum atomic E-state index is 0.954. The van der Waals surface area contributed by atoms with Crippen molar-refractivity contribution in [3.8, 4) is 22.5 Å². The van der Waals surface area contributed by atoms with E-state index in [4.69, 9.17) is 0 Å². The van der Waals surface area contributed by atoms with Crippen molar-refractivity contribution < 1.29 is 0 Å². The lowest BCUT2D eigenvalue weighted by Gasteiger charge is -2.08. The van der Waals surface area contributed by atoms with Gasteiger partial charge < -0.3 is 0 Å². The maximum Gasteiger partial charge on any atom is 0.116 e. The third kappa shape index (κ3) is 2.45. The Kier molecular flexibility index (Phi) is 3.30. The minimum Gasteiger partial charge on any atom is -0.236 e. The van der Waals surface area contributed by atoms with Crippen LogP contribution >= 0.6 is 0 Å². The zero-order valence-electron chi connectivity index (χ0n) is 11.7. The fourth-order valence-electron chi connectivity index (χ4n) is 2.37. The second kappa shape index (κ2) is 5.25. The number of aromatic nitrogens is 2. The quantitative estimate of drug-likeness (QED) is 0.681. The maximum atomic E-state index is 4.41. The Hall–Kier alpha value is -2.48. The van der Waals surface area contributed by atoms with E-state index in [1.807, 2.05) is 24.3 Å². The van der Waals surface area contributed by atoms with Crippen LogP contribution in [0.15, 0.2) is 60.9 Å². The average Bonchev–Trinajstić information content (AvgIpc) is 2.48. The number of hydrogen-bond acceptors (Lipinski definition) is 2. The Bertz CT molecular complexity index is 733. The van der Waals surface area contributed by atoms with Crippen molar-refractivity contribution >= 4 is 0 Å². The molecule has 0 N–H and O–H groups in total. The summed E-state index contributed by atoms with van der Waals surface area (Å²) in [4.78, 5) is 8.79. The van der Waals surface area contributed by atoms with Gasteiger partial charge in [-0.15, -0.1) is 0 Å². The lowest BCUT2D eigenvalue weighted by molar-refractivity contribution is 1.17. The molecule has 2 aromatic carbocycles. The Morgan fingerprint density at radius 3 is 2.25 bits per heavy atom. The van der Waals surface area contributed by atoms with Crippen LogP contribution in [0.2, 0.25) is 0 Å². The molecule has 0 bridgehead atoms. The normalized spacial score (nSPS) is 10.5. The van der Waals surface area contributed by atoms with Crippen LogP contribution in [0.3, 0.4) is 0 Å². The summed E-state index contributed by atoms with van der Waals surface area (Å²) in [7, 11) is 0. The highest BCUT2D eigenvalue weighted by atomic mass is 14.8. The molecule has 1 aromatic heterocycles. The summed E-state index contributed by atoms with van der Waals surface area (Å²) in [6.07, 6.45) is 1.64. The molecular weight excluding hydrogens is 244 g/mol. The lowest BCUT2D eigenvalue weighted by atomic mass is 10.0. The van der Waals surface area contributed by atoms with Crippen LogP contribution < -0.4 is 0 Å². The molecule has 98 valence electrons. The highest BCUT2D eigenvalue weighted by Crippen LogP contribution is 2.25. The van der Waals surface area contributed by atoms with Crippen LogP contribution in [-0.4, -0.2) is 9.97 Å². The van der Waals surface area contributed by atoms with Gasteiger partial charge in [0.1, 0.15) is 6.33 Å². The molecule has 0 radical (unpaired) electrons. The van der Waals surface area contributed by atoms with Gasteiger partial charge in [-0.2, -0.15) is 0 Å². The average molecular weight is 260 g/mol. The first-order valence-electron chi connectivity index (χ1n) is 6.69. The summed E-state index contributed by atoms with van der Waals surface area (Å²) in [6, 6.07) is 18.7. The van der Waals surface area contributed by atoms with Crippen molar-refractivity contribution in [1.29, 1.82) is 0 Å². The number of hydrogen-bond donors (Lipinski definition) is 0. The standard InChI is InChI=1S/C18H16N2/c1-13-8-9-16(14(2)10-13)18-11-17(19-12-20-18)15-6-4-3-5-7-15/h3-12H,1-2H3. The molecule has 0 amide bonds. The van der Waals surface area contributed by atoms with Crippen molar-refractivity contribution in [2.75, 3.05) is 0 Å². The largest absolute Gasteiger partial charge is 0.236 e. The summed E-state index contributed by atoms with van der Waals surface area (Å²) in [6.45, 7) is 4.22. The van der Waals surface area contributed by atoms with Gasteiger partial charge in [-0.1, -0.05) is 54.1 Å². The van der Waals surface area contributed by atoms with Gasteiger partial charge in [-0.05, 0) is 25.5 Å². The van der Waals surface area contributed by atoms with E-state index in [-0.39, 0.29) is 0 Å². The lowest BCUT2D eigenvalue weighted by Crippen LogP contribution is -1.91. The Balaban J connectivity index is 2.08. The molecule has 0 aliphatic carbocycles. The molecule has 0 aliphatic heterocycles. The van der Waals surface area contributed by atoms with Crippen LogP contribution in [0, 0.1) is 13.8 Å². The van der Waals surface area contributed by atoms with Crippen molar-refractivity contribution in [2.24, 2.45) is 0 Å². The summed E-state index contributed by atoms with van der Waals surface area (Å²) in [5.41, 5.74) is 6.70. The highest BCUT2D eigenvalue weighted by Gasteiger charge is 2.06. The smallest absolute Gasteiger partial charge is 0.116 e. The molecular formula is C18H16N2.